The summed E-state index contributed by atoms with van der Waals surface area (Å²) < 4.78 is 2.17. The van der Waals surface area contributed by atoms with Gasteiger partial charge in [0, 0.05) is 23.8 Å². The summed E-state index contributed by atoms with van der Waals surface area (Å²) in [5, 5.41) is 13.0. The third kappa shape index (κ3) is 4.72. The molecule has 4 rings (SSSR count). The molecule has 2 aliphatic rings. The Bertz CT molecular complexity index is 911. The zero-order valence-corrected chi connectivity index (χ0v) is 18.0. The largest absolute Gasteiger partial charge is 0.481 e. The van der Waals surface area contributed by atoms with Gasteiger partial charge in [0.2, 0.25) is 0 Å². The van der Waals surface area contributed by atoms with E-state index in [2.05, 4.69) is 16.0 Å². The molecule has 0 unspecified atom stereocenters. The molecule has 1 heterocycles. The van der Waals surface area contributed by atoms with Crippen LogP contribution in [0.25, 0.3) is 0 Å². The van der Waals surface area contributed by atoms with Crippen LogP contribution in [0.2, 0.25) is 5.02 Å². The van der Waals surface area contributed by atoms with Gasteiger partial charge in [-0.15, -0.1) is 0 Å². The van der Waals surface area contributed by atoms with Crippen molar-refractivity contribution >= 4 is 23.5 Å². The molecule has 0 spiro atoms. The maximum atomic E-state index is 13.1. The summed E-state index contributed by atoms with van der Waals surface area (Å²) in [4.78, 5) is 24.2. The second-order valence-electron chi connectivity index (χ2n) is 8.69. The van der Waals surface area contributed by atoms with Crippen LogP contribution in [0.5, 0.6) is 0 Å². The molecular formula is C24H29ClN2O3. The van der Waals surface area contributed by atoms with E-state index < -0.39 is 5.97 Å². The van der Waals surface area contributed by atoms with Crippen molar-refractivity contribution in [3.8, 4) is 0 Å². The van der Waals surface area contributed by atoms with E-state index >= 15 is 0 Å². The Kier molecular flexibility index (Phi) is 6.47. The van der Waals surface area contributed by atoms with Crippen LogP contribution in [0.4, 0.5) is 0 Å². The van der Waals surface area contributed by atoms with Crippen LogP contribution in [-0.2, 0) is 24.2 Å². The number of aromatic nitrogens is 1. The lowest BCUT2D eigenvalue weighted by Crippen LogP contribution is -2.33. The normalized spacial score (nSPS) is 21.1. The lowest BCUT2D eigenvalue weighted by Gasteiger charge is -2.26. The van der Waals surface area contributed by atoms with Gasteiger partial charge in [0.15, 0.2) is 0 Å². The maximum absolute atomic E-state index is 13.1. The highest BCUT2D eigenvalue weighted by atomic mass is 35.5. The molecule has 1 saturated carbocycles. The van der Waals surface area contributed by atoms with E-state index in [0.29, 0.717) is 36.9 Å². The van der Waals surface area contributed by atoms with Gasteiger partial charge in [0.1, 0.15) is 5.69 Å². The first-order valence-corrected chi connectivity index (χ1v) is 11.4. The third-order valence-corrected chi connectivity index (χ3v) is 6.89. The first-order valence-electron chi connectivity index (χ1n) is 11.0. The fraction of sp³-hybridized carbons (Fsp3) is 0.500. The van der Waals surface area contributed by atoms with E-state index in [1.54, 1.807) is 0 Å². The minimum absolute atomic E-state index is 0.0290. The predicted octanol–water partition coefficient (Wildman–Crippen LogP) is 4.69. The highest BCUT2D eigenvalue weighted by Crippen LogP contribution is 2.29. The molecule has 0 aliphatic heterocycles. The smallest absolute Gasteiger partial charge is 0.306 e. The van der Waals surface area contributed by atoms with E-state index in [1.165, 1.54) is 17.7 Å². The Morgan fingerprint density at radius 1 is 1.07 bits per heavy atom. The number of hydrogen-bond acceptors (Lipinski definition) is 2. The molecule has 30 heavy (non-hydrogen) atoms. The summed E-state index contributed by atoms with van der Waals surface area (Å²) in [7, 11) is 0. The fourth-order valence-electron chi connectivity index (χ4n) is 4.85. The van der Waals surface area contributed by atoms with Gasteiger partial charge in [-0.1, -0.05) is 23.7 Å². The average molecular weight is 429 g/mol. The van der Waals surface area contributed by atoms with Crippen LogP contribution >= 0.6 is 11.6 Å². The number of carboxylic acids is 1. The SMILES string of the molecule is O=C(NC[C@H]1CC[C@H](C(=O)O)CC1)c1cc2c(n1Cc1ccc(Cl)cc1)CCCC2. The Hall–Kier alpha value is -2.27. The molecule has 1 aromatic heterocycles. The number of carbonyl (C=O) groups excluding carboxylic acids is 1. The van der Waals surface area contributed by atoms with E-state index in [1.807, 2.05) is 24.3 Å². The van der Waals surface area contributed by atoms with Crippen molar-refractivity contribution in [2.24, 2.45) is 11.8 Å². The van der Waals surface area contributed by atoms with E-state index in [4.69, 9.17) is 16.7 Å². The van der Waals surface area contributed by atoms with Crippen molar-refractivity contribution in [1.29, 1.82) is 0 Å². The summed E-state index contributed by atoms with van der Waals surface area (Å²) in [6.07, 6.45) is 7.50. The van der Waals surface area contributed by atoms with E-state index in [-0.39, 0.29) is 11.8 Å². The lowest BCUT2D eigenvalue weighted by molar-refractivity contribution is -0.143. The molecule has 0 radical (unpaired) electrons. The molecule has 1 amide bonds. The number of nitrogens with zero attached hydrogens (tertiary/aromatic N) is 1. The number of rotatable bonds is 6. The summed E-state index contributed by atoms with van der Waals surface area (Å²) in [5.41, 5.74) is 4.44. The van der Waals surface area contributed by atoms with Crippen LogP contribution < -0.4 is 5.32 Å². The van der Waals surface area contributed by atoms with Crippen molar-refractivity contribution in [3.05, 3.63) is 57.9 Å². The summed E-state index contributed by atoms with van der Waals surface area (Å²) in [6.45, 7) is 1.28. The number of carbonyl (C=O) groups is 2. The standard InChI is InChI=1S/C24H29ClN2O3/c25-20-11-7-17(8-12-20)15-27-21-4-2-1-3-19(21)13-22(27)23(28)26-14-16-5-9-18(10-6-16)24(29)30/h7-8,11-13,16,18H,1-6,9-10,14-15H2,(H,26,28)(H,29,30)/t16-,18-. The van der Waals surface area contributed by atoms with Gasteiger partial charge in [-0.3, -0.25) is 9.59 Å². The first kappa shape index (κ1) is 21.0. The van der Waals surface area contributed by atoms with Gasteiger partial charge in [-0.25, -0.2) is 0 Å². The molecule has 0 bridgehead atoms. The van der Waals surface area contributed by atoms with Crippen LogP contribution in [0.1, 0.15) is 65.8 Å². The Morgan fingerprint density at radius 2 is 1.77 bits per heavy atom. The maximum Gasteiger partial charge on any atom is 0.306 e. The van der Waals surface area contributed by atoms with E-state index in [0.717, 1.165) is 43.4 Å². The van der Waals surface area contributed by atoms with Gasteiger partial charge in [-0.2, -0.15) is 0 Å². The van der Waals surface area contributed by atoms with Gasteiger partial charge in [-0.05, 0) is 86.6 Å². The van der Waals surface area contributed by atoms with Gasteiger partial charge >= 0.3 is 5.97 Å². The summed E-state index contributed by atoms with van der Waals surface area (Å²) in [6, 6.07) is 9.88. The van der Waals surface area contributed by atoms with E-state index in [9.17, 15) is 9.59 Å². The number of carboxylic acid groups (broad SMARTS) is 1. The molecule has 2 N–H and O–H groups in total. The van der Waals surface area contributed by atoms with Gasteiger partial charge < -0.3 is 15.0 Å². The van der Waals surface area contributed by atoms with Gasteiger partial charge in [0.25, 0.3) is 5.91 Å². The number of amides is 1. The van der Waals surface area contributed by atoms with Gasteiger partial charge in [0.05, 0.1) is 5.92 Å². The number of aliphatic carboxylic acids is 1. The summed E-state index contributed by atoms with van der Waals surface area (Å²) in [5.74, 6) is -0.582. The third-order valence-electron chi connectivity index (χ3n) is 6.64. The zero-order chi connectivity index (χ0) is 21.1. The molecule has 6 heteroatoms. The quantitative estimate of drug-likeness (QED) is 0.701. The molecule has 1 aromatic carbocycles. The second kappa shape index (κ2) is 9.25. The molecule has 160 valence electrons. The van der Waals surface area contributed by atoms with Crippen molar-refractivity contribution in [1.82, 2.24) is 9.88 Å². The zero-order valence-electron chi connectivity index (χ0n) is 17.2. The van der Waals surface area contributed by atoms with Crippen molar-refractivity contribution in [2.45, 2.75) is 57.9 Å². The van der Waals surface area contributed by atoms with Crippen LogP contribution in [-0.4, -0.2) is 28.1 Å². The fourth-order valence-corrected chi connectivity index (χ4v) is 4.97. The highest BCUT2D eigenvalue weighted by molar-refractivity contribution is 6.30. The first-order chi connectivity index (χ1) is 14.5. The van der Waals surface area contributed by atoms with Crippen LogP contribution in [0.3, 0.4) is 0 Å². The molecule has 0 atom stereocenters. The van der Waals surface area contributed by atoms with Crippen molar-refractivity contribution < 1.29 is 14.7 Å². The highest BCUT2D eigenvalue weighted by Gasteiger charge is 2.27. The molecule has 1 fully saturated rings. The summed E-state index contributed by atoms with van der Waals surface area (Å²) >= 11 is 6.03. The van der Waals surface area contributed by atoms with Crippen molar-refractivity contribution in [2.75, 3.05) is 6.54 Å². The number of fused-ring (bicyclic) bond motifs is 1. The number of halogens is 1. The Balaban J connectivity index is 1.46. The average Bonchev–Trinajstić information content (AvgIpc) is 3.12. The number of hydrogen-bond donors (Lipinski definition) is 2. The Morgan fingerprint density at radius 3 is 2.47 bits per heavy atom. The number of aryl methyl sites for hydroxylation is 1. The van der Waals surface area contributed by atoms with Crippen molar-refractivity contribution in [3.63, 3.8) is 0 Å². The molecule has 0 saturated heterocycles. The number of nitrogens with one attached hydrogen (secondary N) is 1. The second-order valence-corrected chi connectivity index (χ2v) is 9.12. The van der Waals surface area contributed by atoms with Crippen LogP contribution in [0.15, 0.2) is 30.3 Å². The molecule has 2 aromatic rings. The Labute approximate surface area is 182 Å². The molecule has 5 nitrogen and oxygen atoms in total. The molecular weight excluding hydrogens is 400 g/mol. The lowest BCUT2D eigenvalue weighted by atomic mass is 9.82. The minimum atomic E-state index is -0.692. The topological polar surface area (TPSA) is 71.3 Å². The predicted molar refractivity (Wildman–Crippen MR) is 117 cm³/mol. The molecule has 2 aliphatic carbocycles. The monoisotopic (exact) mass is 428 g/mol. The number of benzene rings is 1. The minimum Gasteiger partial charge on any atom is -0.481 e. The van der Waals surface area contributed by atoms with Crippen LogP contribution in [0, 0.1) is 11.8 Å².